The molecule has 0 bridgehead atoms. The number of aromatic hydroxyl groups is 2. The van der Waals surface area contributed by atoms with Crippen molar-refractivity contribution in [3.8, 4) is 11.5 Å². The molecule has 0 aliphatic heterocycles. The fourth-order valence-corrected chi connectivity index (χ4v) is 2.66. The van der Waals surface area contributed by atoms with Gasteiger partial charge in [-0.25, -0.2) is 4.79 Å². The lowest BCUT2D eigenvalue weighted by Gasteiger charge is -2.25. The van der Waals surface area contributed by atoms with E-state index in [1.54, 1.807) is 37.3 Å². The van der Waals surface area contributed by atoms with Crippen molar-refractivity contribution in [2.75, 3.05) is 0 Å². The molecule has 26 heavy (non-hydrogen) atoms. The minimum atomic E-state index is -1.27. The molecule has 5 N–H and O–H groups in total. The molecule has 2 aromatic rings. The van der Waals surface area contributed by atoms with Crippen LogP contribution in [0.3, 0.4) is 0 Å². The molecule has 0 aromatic heterocycles. The standard InChI is InChI=1S/C19H21NO6/c1-11(26-19(25)12-5-3-2-4-6-12)9-14(17(20)18(23)24)13-7-8-15(21)16(22)10-13/h2-8,10-11,14,17,21-22H,9,20H2,1H3,(H,23,24)/t11-,14?,17+/m1/s1. The molecule has 2 aromatic carbocycles. The van der Waals surface area contributed by atoms with Gasteiger partial charge in [0.15, 0.2) is 11.5 Å². The Kier molecular flexibility index (Phi) is 6.19. The first-order valence-corrected chi connectivity index (χ1v) is 8.06. The third kappa shape index (κ3) is 4.73. The number of hydrogen-bond acceptors (Lipinski definition) is 6. The van der Waals surface area contributed by atoms with Crippen molar-refractivity contribution >= 4 is 11.9 Å². The number of carbonyl (C=O) groups excluding carboxylic acids is 1. The number of aliphatic carboxylic acids is 1. The fraction of sp³-hybridized carbons (Fsp3) is 0.263. The maximum absolute atomic E-state index is 12.1. The van der Waals surface area contributed by atoms with E-state index >= 15 is 0 Å². The number of phenolic OH excluding ortho intramolecular Hbond substituents is 2. The van der Waals surface area contributed by atoms with E-state index in [4.69, 9.17) is 10.5 Å². The van der Waals surface area contributed by atoms with Gasteiger partial charge in [0.1, 0.15) is 12.1 Å². The van der Waals surface area contributed by atoms with E-state index in [2.05, 4.69) is 0 Å². The number of carboxylic acid groups (broad SMARTS) is 1. The number of benzene rings is 2. The topological polar surface area (TPSA) is 130 Å². The minimum Gasteiger partial charge on any atom is -0.504 e. The summed E-state index contributed by atoms with van der Waals surface area (Å²) in [6.07, 6.45) is -0.481. The van der Waals surface area contributed by atoms with Crippen molar-refractivity contribution in [2.45, 2.75) is 31.4 Å². The molecule has 0 saturated carbocycles. The highest BCUT2D eigenvalue weighted by atomic mass is 16.5. The second-order valence-electron chi connectivity index (χ2n) is 6.04. The molecular weight excluding hydrogens is 338 g/mol. The molecule has 138 valence electrons. The second kappa shape index (κ2) is 8.35. The average molecular weight is 359 g/mol. The molecule has 0 aliphatic rings. The number of nitrogens with two attached hydrogens (primary N) is 1. The van der Waals surface area contributed by atoms with Crippen LogP contribution < -0.4 is 5.73 Å². The zero-order valence-electron chi connectivity index (χ0n) is 14.2. The summed E-state index contributed by atoms with van der Waals surface area (Å²) in [5.41, 5.74) is 6.61. The molecule has 2 rings (SSSR count). The quantitative estimate of drug-likeness (QED) is 0.440. The number of carboxylic acids is 1. The highest BCUT2D eigenvalue weighted by Crippen LogP contribution is 2.32. The van der Waals surface area contributed by atoms with Crippen LogP contribution in [0.1, 0.15) is 35.2 Å². The van der Waals surface area contributed by atoms with Crippen LogP contribution >= 0.6 is 0 Å². The smallest absolute Gasteiger partial charge is 0.338 e. The number of carbonyl (C=O) groups is 2. The van der Waals surface area contributed by atoms with E-state index in [-0.39, 0.29) is 17.9 Å². The van der Waals surface area contributed by atoms with E-state index in [9.17, 15) is 24.9 Å². The van der Waals surface area contributed by atoms with E-state index in [0.29, 0.717) is 11.1 Å². The molecule has 7 heteroatoms. The number of esters is 1. The monoisotopic (exact) mass is 359 g/mol. The van der Waals surface area contributed by atoms with Crippen LogP contribution in [0, 0.1) is 0 Å². The number of rotatable bonds is 7. The molecule has 0 fully saturated rings. The predicted molar refractivity (Wildman–Crippen MR) is 94.1 cm³/mol. The van der Waals surface area contributed by atoms with Crippen molar-refractivity contribution in [1.82, 2.24) is 0 Å². The van der Waals surface area contributed by atoms with Crippen molar-refractivity contribution in [3.05, 3.63) is 59.7 Å². The van der Waals surface area contributed by atoms with Gasteiger partial charge in [0.2, 0.25) is 0 Å². The Hall–Kier alpha value is -3.06. The van der Waals surface area contributed by atoms with Crippen LogP contribution in [0.5, 0.6) is 11.5 Å². The van der Waals surface area contributed by atoms with E-state index in [1.807, 2.05) is 0 Å². The maximum Gasteiger partial charge on any atom is 0.338 e. The summed E-state index contributed by atoms with van der Waals surface area (Å²) in [4.78, 5) is 23.5. The SMILES string of the molecule is C[C@H](CC(c1ccc(O)c(O)c1)[C@H](N)C(=O)O)OC(=O)c1ccccc1. The average Bonchev–Trinajstić information content (AvgIpc) is 2.62. The zero-order chi connectivity index (χ0) is 19.3. The third-order valence-electron chi connectivity index (χ3n) is 4.05. The lowest BCUT2D eigenvalue weighted by molar-refractivity contribution is -0.139. The lowest BCUT2D eigenvalue weighted by atomic mass is 9.87. The first-order chi connectivity index (χ1) is 12.3. The van der Waals surface area contributed by atoms with Crippen molar-refractivity contribution in [2.24, 2.45) is 5.73 Å². The van der Waals surface area contributed by atoms with Crippen molar-refractivity contribution in [1.29, 1.82) is 0 Å². The van der Waals surface area contributed by atoms with Gasteiger partial charge in [-0.05, 0) is 43.2 Å². The molecule has 0 spiro atoms. The molecule has 1 unspecified atom stereocenters. The first kappa shape index (κ1) is 19.3. The molecular formula is C19H21NO6. The maximum atomic E-state index is 12.1. The van der Waals surface area contributed by atoms with Gasteiger partial charge >= 0.3 is 11.9 Å². The van der Waals surface area contributed by atoms with E-state index in [0.717, 1.165) is 0 Å². The van der Waals surface area contributed by atoms with Crippen LogP contribution in [0.15, 0.2) is 48.5 Å². The largest absolute Gasteiger partial charge is 0.504 e. The van der Waals surface area contributed by atoms with Gasteiger partial charge in [-0.1, -0.05) is 24.3 Å². The summed E-state index contributed by atoms with van der Waals surface area (Å²) in [5, 5.41) is 28.4. The van der Waals surface area contributed by atoms with Gasteiger partial charge in [0.05, 0.1) is 5.56 Å². The van der Waals surface area contributed by atoms with Crippen LogP contribution in [-0.2, 0) is 9.53 Å². The highest BCUT2D eigenvalue weighted by molar-refractivity contribution is 5.89. The Balaban J connectivity index is 2.16. The van der Waals surface area contributed by atoms with Crippen LogP contribution in [0.2, 0.25) is 0 Å². The van der Waals surface area contributed by atoms with Gasteiger partial charge in [-0.3, -0.25) is 4.79 Å². The van der Waals surface area contributed by atoms with Crippen LogP contribution in [-0.4, -0.2) is 39.4 Å². The Bertz CT molecular complexity index is 777. The van der Waals surface area contributed by atoms with Crippen LogP contribution in [0.25, 0.3) is 0 Å². The normalized spacial score (nSPS) is 14.2. The fourth-order valence-electron chi connectivity index (χ4n) is 2.66. The summed E-state index contributed by atoms with van der Waals surface area (Å²) in [5.74, 6) is -3.16. The molecule has 7 nitrogen and oxygen atoms in total. The van der Waals surface area contributed by atoms with Crippen molar-refractivity contribution < 1.29 is 29.6 Å². The summed E-state index contributed by atoms with van der Waals surface area (Å²) in [6.45, 7) is 1.64. The molecule has 0 radical (unpaired) electrons. The summed E-state index contributed by atoms with van der Waals surface area (Å²) in [7, 11) is 0. The Morgan fingerprint density at radius 3 is 2.31 bits per heavy atom. The van der Waals surface area contributed by atoms with Gasteiger partial charge in [-0.15, -0.1) is 0 Å². The lowest BCUT2D eigenvalue weighted by Crippen LogP contribution is -2.38. The molecule has 0 saturated heterocycles. The van der Waals surface area contributed by atoms with E-state index < -0.39 is 30.0 Å². The number of phenols is 2. The molecule has 0 aliphatic carbocycles. The van der Waals surface area contributed by atoms with Gasteiger partial charge in [0.25, 0.3) is 0 Å². The van der Waals surface area contributed by atoms with E-state index in [1.165, 1.54) is 18.2 Å². The highest BCUT2D eigenvalue weighted by Gasteiger charge is 2.29. The number of ether oxygens (including phenoxy) is 1. The summed E-state index contributed by atoms with van der Waals surface area (Å²) >= 11 is 0. The minimum absolute atomic E-state index is 0.135. The predicted octanol–water partition coefficient (Wildman–Crippen LogP) is 2.23. The van der Waals surface area contributed by atoms with Crippen LogP contribution in [0.4, 0.5) is 0 Å². The molecule has 0 heterocycles. The molecule has 0 amide bonds. The zero-order valence-corrected chi connectivity index (χ0v) is 14.2. The first-order valence-electron chi connectivity index (χ1n) is 8.06. The Morgan fingerprint density at radius 2 is 1.73 bits per heavy atom. The van der Waals surface area contributed by atoms with Crippen molar-refractivity contribution in [3.63, 3.8) is 0 Å². The third-order valence-corrected chi connectivity index (χ3v) is 4.05. The summed E-state index contributed by atoms with van der Waals surface area (Å²) in [6, 6.07) is 11.2. The second-order valence-corrected chi connectivity index (χ2v) is 6.04. The Labute approximate surface area is 150 Å². The van der Waals surface area contributed by atoms with Gasteiger partial charge in [0, 0.05) is 5.92 Å². The Morgan fingerprint density at radius 1 is 1.08 bits per heavy atom. The van der Waals surface area contributed by atoms with Gasteiger partial charge < -0.3 is 25.8 Å². The number of hydrogen-bond donors (Lipinski definition) is 4. The summed E-state index contributed by atoms with van der Waals surface area (Å²) < 4.78 is 5.37. The van der Waals surface area contributed by atoms with Gasteiger partial charge in [-0.2, -0.15) is 0 Å². The molecule has 3 atom stereocenters.